The number of rotatable bonds is 2. The van der Waals surface area contributed by atoms with Crippen molar-refractivity contribution in [3.63, 3.8) is 0 Å². The highest BCUT2D eigenvalue weighted by Gasteiger charge is 2.17. The predicted molar refractivity (Wildman–Crippen MR) is 128 cm³/mol. The smallest absolute Gasteiger partial charge is 0.169 e. The summed E-state index contributed by atoms with van der Waals surface area (Å²) in [6.07, 6.45) is 2.20. The van der Waals surface area contributed by atoms with Gasteiger partial charge in [0.1, 0.15) is 0 Å². The van der Waals surface area contributed by atoms with Crippen molar-refractivity contribution < 1.29 is 0 Å². The lowest BCUT2D eigenvalue weighted by Crippen LogP contribution is -1.96. The van der Waals surface area contributed by atoms with Crippen molar-refractivity contribution >= 4 is 39.0 Å². The molecule has 0 amide bonds. The Balaban J connectivity index is 1.89. The van der Waals surface area contributed by atoms with E-state index in [4.69, 9.17) is 0 Å². The Hall–Kier alpha value is -2.73. The van der Waals surface area contributed by atoms with Gasteiger partial charge in [-0.25, -0.2) is 0 Å². The summed E-state index contributed by atoms with van der Waals surface area (Å²) in [5, 5.41) is 11.4. The van der Waals surface area contributed by atoms with Crippen LogP contribution in [-0.2, 0) is 0 Å². The Morgan fingerprint density at radius 1 is 0.793 bits per heavy atom. The van der Waals surface area contributed by atoms with Crippen LogP contribution in [-0.4, -0.2) is 14.6 Å². The summed E-state index contributed by atoms with van der Waals surface area (Å²) in [5.41, 5.74) is 8.33. The second-order valence-electron chi connectivity index (χ2n) is 7.59. The van der Waals surface area contributed by atoms with Gasteiger partial charge in [-0.05, 0) is 77.6 Å². The number of pyridine rings is 1. The van der Waals surface area contributed by atoms with Crippen molar-refractivity contribution in [2.45, 2.75) is 20.8 Å². The molecule has 2 aromatic heterocycles. The molecule has 0 saturated carbocycles. The second kappa shape index (κ2) is 6.95. The van der Waals surface area contributed by atoms with Gasteiger partial charge >= 0.3 is 0 Å². The summed E-state index contributed by atoms with van der Waals surface area (Å²) in [6.45, 7) is 6.54. The van der Waals surface area contributed by atoms with Gasteiger partial charge in [0.15, 0.2) is 11.5 Å². The molecule has 0 aliphatic rings. The molecule has 29 heavy (non-hydrogen) atoms. The Labute approximate surface area is 183 Å². The Kier molecular flexibility index (Phi) is 4.39. The third-order valence-corrected chi connectivity index (χ3v) is 6.18. The molecule has 3 nitrogen and oxygen atoms in total. The van der Waals surface area contributed by atoms with Gasteiger partial charge in [-0.15, -0.1) is 10.2 Å². The van der Waals surface area contributed by atoms with E-state index in [0.717, 1.165) is 22.4 Å². The van der Waals surface area contributed by atoms with E-state index in [1.165, 1.54) is 36.8 Å². The third-order valence-electron chi connectivity index (χ3n) is 5.46. The minimum atomic E-state index is 0.867. The first-order valence-corrected chi connectivity index (χ1v) is 10.7. The minimum Gasteiger partial charge on any atom is -0.281 e. The van der Waals surface area contributed by atoms with Crippen LogP contribution in [0, 0.1) is 24.3 Å². The molecule has 0 fully saturated rings. The number of hydrogen-bond acceptors (Lipinski definition) is 2. The second-order valence-corrected chi connectivity index (χ2v) is 8.83. The van der Waals surface area contributed by atoms with Crippen molar-refractivity contribution in [1.29, 1.82) is 0 Å². The van der Waals surface area contributed by atoms with E-state index in [9.17, 15) is 0 Å². The first-order chi connectivity index (χ1) is 14.0. The average Bonchev–Trinajstić information content (AvgIpc) is 3.12. The molecular weight excluding hydrogens is 469 g/mol. The summed E-state index contributed by atoms with van der Waals surface area (Å²) in [6, 6.07) is 21.4. The molecule has 0 aliphatic carbocycles. The van der Waals surface area contributed by atoms with Gasteiger partial charge in [-0.3, -0.25) is 4.40 Å². The van der Waals surface area contributed by atoms with Crippen molar-refractivity contribution in [2.24, 2.45) is 0 Å². The zero-order valence-electron chi connectivity index (χ0n) is 16.6. The Bertz CT molecular complexity index is 1360. The van der Waals surface area contributed by atoms with E-state index in [1.807, 2.05) is 0 Å². The van der Waals surface area contributed by atoms with Gasteiger partial charge in [0.05, 0.1) is 0 Å². The third kappa shape index (κ3) is 3.02. The molecule has 0 aliphatic heterocycles. The molecule has 142 valence electrons. The SMILES string of the molecule is Cc1cc(C)c(-c2cn3c(-c4ccc(I)cc4)nnc3c3ccccc23)c(C)c1. The summed E-state index contributed by atoms with van der Waals surface area (Å²) in [4.78, 5) is 0. The molecule has 0 atom stereocenters. The number of hydrogen-bond donors (Lipinski definition) is 0. The Morgan fingerprint density at radius 2 is 1.45 bits per heavy atom. The maximum Gasteiger partial charge on any atom is 0.169 e. The first-order valence-electron chi connectivity index (χ1n) is 9.63. The first kappa shape index (κ1) is 18.3. The van der Waals surface area contributed by atoms with Crippen LogP contribution < -0.4 is 0 Å². The standard InChI is InChI=1S/C25H20IN3/c1-15-12-16(2)23(17(3)13-15)22-14-29-24(18-8-10-19(26)11-9-18)27-28-25(29)21-7-5-4-6-20(21)22/h4-14H,1-3H3. The number of halogens is 1. The lowest BCUT2D eigenvalue weighted by molar-refractivity contribution is 1.11. The molecule has 0 unspecified atom stereocenters. The van der Waals surface area contributed by atoms with Crippen LogP contribution in [0.5, 0.6) is 0 Å². The highest BCUT2D eigenvalue weighted by Crippen LogP contribution is 2.36. The molecule has 5 rings (SSSR count). The van der Waals surface area contributed by atoms with Gasteiger partial charge < -0.3 is 0 Å². The van der Waals surface area contributed by atoms with Crippen LogP contribution in [0.1, 0.15) is 16.7 Å². The maximum atomic E-state index is 4.55. The number of benzene rings is 3. The van der Waals surface area contributed by atoms with E-state index >= 15 is 0 Å². The fourth-order valence-electron chi connectivity index (χ4n) is 4.31. The molecule has 2 heterocycles. The van der Waals surface area contributed by atoms with Gasteiger partial charge in [0, 0.05) is 26.3 Å². The van der Waals surface area contributed by atoms with E-state index < -0.39 is 0 Å². The number of aryl methyl sites for hydroxylation is 3. The Morgan fingerprint density at radius 3 is 2.14 bits per heavy atom. The van der Waals surface area contributed by atoms with Crippen molar-refractivity contribution in [3.8, 4) is 22.5 Å². The number of aromatic nitrogens is 3. The molecular formula is C25H20IN3. The lowest BCUT2D eigenvalue weighted by atomic mass is 9.92. The lowest BCUT2D eigenvalue weighted by Gasteiger charge is -2.15. The molecule has 4 heteroatoms. The summed E-state index contributed by atoms with van der Waals surface area (Å²) >= 11 is 2.32. The van der Waals surface area contributed by atoms with Crippen molar-refractivity contribution in [1.82, 2.24) is 14.6 Å². The minimum absolute atomic E-state index is 0.867. The molecule has 0 bridgehead atoms. The topological polar surface area (TPSA) is 30.2 Å². The predicted octanol–water partition coefficient (Wildman–Crippen LogP) is 6.75. The van der Waals surface area contributed by atoms with Gasteiger partial charge in [-0.1, -0.05) is 54.1 Å². The van der Waals surface area contributed by atoms with Crippen LogP contribution in [0.4, 0.5) is 0 Å². The molecule has 5 aromatic rings. The van der Waals surface area contributed by atoms with Crippen molar-refractivity contribution in [3.05, 3.63) is 87.1 Å². The molecule has 0 saturated heterocycles. The van der Waals surface area contributed by atoms with Crippen LogP contribution in [0.15, 0.2) is 66.9 Å². The fraction of sp³-hybridized carbons (Fsp3) is 0.120. The monoisotopic (exact) mass is 489 g/mol. The fourth-order valence-corrected chi connectivity index (χ4v) is 4.67. The molecule has 0 spiro atoms. The van der Waals surface area contributed by atoms with E-state index in [0.29, 0.717) is 0 Å². The van der Waals surface area contributed by atoms with E-state index in [1.54, 1.807) is 0 Å². The van der Waals surface area contributed by atoms with Crippen LogP contribution >= 0.6 is 22.6 Å². The zero-order valence-corrected chi connectivity index (χ0v) is 18.7. The molecule has 3 aromatic carbocycles. The quantitative estimate of drug-likeness (QED) is 0.257. The van der Waals surface area contributed by atoms with E-state index in [2.05, 4.69) is 125 Å². The van der Waals surface area contributed by atoms with Gasteiger partial charge in [-0.2, -0.15) is 0 Å². The largest absolute Gasteiger partial charge is 0.281 e. The summed E-state index contributed by atoms with van der Waals surface area (Å²) in [7, 11) is 0. The van der Waals surface area contributed by atoms with Crippen LogP contribution in [0.3, 0.4) is 0 Å². The average molecular weight is 489 g/mol. The van der Waals surface area contributed by atoms with Gasteiger partial charge in [0.25, 0.3) is 0 Å². The number of fused-ring (bicyclic) bond motifs is 3. The highest BCUT2D eigenvalue weighted by molar-refractivity contribution is 14.1. The summed E-state index contributed by atoms with van der Waals surface area (Å²) in [5.74, 6) is 0.867. The molecule has 0 radical (unpaired) electrons. The van der Waals surface area contributed by atoms with Crippen LogP contribution in [0.25, 0.3) is 38.9 Å². The van der Waals surface area contributed by atoms with Crippen molar-refractivity contribution in [2.75, 3.05) is 0 Å². The zero-order chi connectivity index (χ0) is 20.1. The van der Waals surface area contributed by atoms with E-state index in [-0.39, 0.29) is 0 Å². The summed E-state index contributed by atoms with van der Waals surface area (Å²) < 4.78 is 3.34. The maximum absolute atomic E-state index is 4.55. The number of nitrogens with zero attached hydrogens (tertiary/aromatic N) is 3. The van der Waals surface area contributed by atoms with Crippen LogP contribution in [0.2, 0.25) is 0 Å². The molecule has 0 N–H and O–H groups in total. The normalized spacial score (nSPS) is 11.4. The van der Waals surface area contributed by atoms with Gasteiger partial charge in [0.2, 0.25) is 0 Å². The highest BCUT2D eigenvalue weighted by atomic mass is 127.